The molecule has 1 saturated heterocycles. The van der Waals surface area contributed by atoms with Crippen molar-refractivity contribution < 1.29 is 15.0 Å². The average molecular weight is 185 g/mol. The van der Waals surface area contributed by atoms with Crippen LogP contribution in [-0.4, -0.2) is 40.4 Å². The molecule has 4 nitrogen and oxygen atoms in total. The molecular formula is C9H15NO3. The minimum Gasteiger partial charge on any atom is -0.465 e. The molecule has 2 rings (SSSR count). The zero-order chi connectivity index (χ0) is 9.64. The summed E-state index contributed by atoms with van der Waals surface area (Å²) in [5.41, 5.74) is 0.236. The summed E-state index contributed by atoms with van der Waals surface area (Å²) in [6, 6.07) is 0. The van der Waals surface area contributed by atoms with Crippen molar-refractivity contribution in [2.45, 2.75) is 25.9 Å². The Morgan fingerprint density at radius 3 is 2.46 bits per heavy atom. The molecule has 2 fully saturated rings. The summed E-state index contributed by atoms with van der Waals surface area (Å²) in [4.78, 5) is 11.9. The highest BCUT2D eigenvalue weighted by Crippen LogP contribution is 2.52. The van der Waals surface area contributed by atoms with Crippen LogP contribution in [0, 0.1) is 11.3 Å². The lowest BCUT2D eigenvalue weighted by Gasteiger charge is -2.58. The van der Waals surface area contributed by atoms with E-state index >= 15 is 0 Å². The van der Waals surface area contributed by atoms with Gasteiger partial charge in [0.25, 0.3) is 0 Å². The second-order valence-corrected chi connectivity index (χ2v) is 4.55. The first-order chi connectivity index (χ1) is 6.02. The lowest BCUT2D eigenvalue weighted by atomic mass is 9.56. The monoisotopic (exact) mass is 185 g/mol. The Kier molecular flexibility index (Phi) is 1.77. The SMILES string of the molecule is CC(O)C1CC2(C1)CN(C(=O)O)C2. The van der Waals surface area contributed by atoms with Crippen molar-refractivity contribution in [3.63, 3.8) is 0 Å². The minimum absolute atomic E-state index is 0.232. The predicted molar refractivity (Wildman–Crippen MR) is 46.4 cm³/mol. The van der Waals surface area contributed by atoms with Crippen molar-refractivity contribution in [3.8, 4) is 0 Å². The summed E-state index contributed by atoms with van der Waals surface area (Å²) < 4.78 is 0. The van der Waals surface area contributed by atoms with Crippen LogP contribution in [0.4, 0.5) is 4.79 Å². The highest BCUT2D eigenvalue weighted by molar-refractivity contribution is 5.66. The van der Waals surface area contributed by atoms with Crippen LogP contribution in [0.1, 0.15) is 19.8 Å². The molecule has 1 heterocycles. The van der Waals surface area contributed by atoms with E-state index < -0.39 is 6.09 Å². The smallest absolute Gasteiger partial charge is 0.407 e. The maximum atomic E-state index is 10.5. The second-order valence-electron chi connectivity index (χ2n) is 4.55. The standard InChI is InChI=1S/C9H15NO3/c1-6(11)7-2-9(3-7)4-10(5-9)8(12)13/h6-7,11H,2-5H2,1H3,(H,12,13). The molecule has 0 radical (unpaired) electrons. The molecule has 1 atom stereocenters. The van der Waals surface area contributed by atoms with Crippen LogP contribution < -0.4 is 0 Å². The second kappa shape index (κ2) is 2.61. The Balaban J connectivity index is 1.79. The summed E-state index contributed by atoms with van der Waals surface area (Å²) >= 11 is 0. The number of amides is 1. The molecule has 1 unspecified atom stereocenters. The predicted octanol–water partition coefficient (Wildman–Crippen LogP) is 0.757. The third-order valence-electron chi connectivity index (χ3n) is 3.40. The van der Waals surface area contributed by atoms with Crippen LogP contribution in [0.15, 0.2) is 0 Å². The zero-order valence-corrected chi connectivity index (χ0v) is 7.73. The molecule has 1 saturated carbocycles. The Hall–Kier alpha value is -0.770. The molecular weight excluding hydrogens is 170 g/mol. The molecule has 1 spiro atoms. The maximum Gasteiger partial charge on any atom is 0.407 e. The third-order valence-corrected chi connectivity index (χ3v) is 3.40. The number of hydrogen-bond acceptors (Lipinski definition) is 2. The molecule has 0 bridgehead atoms. The highest BCUT2D eigenvalue weighted by Gasteiger charge is 2.54. The van der Waals surface area contributed by atoms with E-state index in [0.717, 1.165) is 12.8 Å². The number of nitrogens with zero attached hydrogens (tertiary/aromatic N) is 1. The quantitative estimate of drug-likeness (QED) is 0.634. The van der Waals surface area contributed by atoms with Gasteiger partial charge in [-0.15, -0.1) is 0 Å². The van der Waals surface area contributed by atoms with Crippen molar-refractivity contribution in [1.29, 1.82) is 0 Å². The number of aliphatic hydroxyl groups excluding tert-OH is 1. The van der Waals surface area contributed by atoms with E-state index in [1.807, 2.05) is 6.92 Å². The van der Waals surface area contributed by atoms with Gasteiger partial charge in [-0.3, -0.25) is 0 Å². The third kappa shape index (κ3) is 1.29. The first-order valence-electron chi connectivity index (χ1n) is 4.68. The van der Waals surface area contributed by atoms with Crippen LogP contribution in [0.5, 0.6) is 0 Å². The highest BCUT2D eigenvalue weighted by atomic mass is 16.4. The molecule has 0 aromatic carbocycles. The van der Waals surface area contributed by atoms with Gasteiger partial charge in [-0.2, -0.15) is 0 Å². The van der Waals surface area contributed by atoms with E-state index in [4.69, 9.17) is 5.11 Å². The summed E-state index contributed by atoms with van der Waals surface area (Å²) in [7, 11) is 0. The van der Waals surface area contributed by atoms with E-state index in [0.29, 0.717) is 19.0 Å². The largest absolute Gasteiger partial charge is 0.465 e. The number of hydrogen-bond donors (Lipinski definition) is 2. The van der Waals surface area contributed by atoms with Gasteiger partial charge in [0, 0.05) is 18.5 Å². The Morgan fingerprint density at radius 1 is 1.54 bits per heavy atom. The van der Waals surface area contributed by atoms with Gasteiger partial charge < -0.3 is 15.1 Å². The Labute approximate surface area is 77.2 Å². The van der Waals surface area contributed by atoms with Crippen molar-refractivity contribution >= 4 is 6.09 Å². The lowest BCUT2D eigenvalue weighted by Crippen LogP contribution is -2.64. The van der Waals surface area contributed by atoms with Gasteiger partial charge in [0.15, 0.2) is 0 Å². The van der Waals surface area contributed by atoms with Crippen molar-refractivity contribution in [2.24, 2.45) is 11.3 Å². The van der Waals surface area contributed by atoms with Crippen LogP contribution in [0.25, 0.3) is 0 Å². The van der Waals surface area contributed by atoms with Crippen molar-refractivity contribution in [1.82, 2.24) is 4.90 Å². The summed E-state index contributed by atoms with van der Waals surface area (Å²) in [6.07, 6.45) is 0.943. The first-order valence-corrected chi connectivity index (χ1v) is 4.68. The minimum atomic E-state index is -0.814. The number of likely N-dealkylation sites (tertiary alicyclic amines) is 1. The molecule has 1 aliphatic heterocycles. The lowest BCUT2D eigenvalue weighted by molar-refractivity contribution is -0.110. The molecule has 13 heavy (non-hydrogen) atoms. The van der Waals surface area contributed by atoms with Crippen LogP contribution in [0.3, 0.4) is 0 Å². The average Bonchev–Trinajstić information content (AvgIpc) is 1.78. The fourth-order valence-electron chi connectivity index (χ4n) is 2.55. The van der Waals surface area contributed by atoms with Crippen LogP contribution in [-0.2, 0) is 0 Å². The van der Waals surface area contributed by atoms with E-state index in [9.17, 15) is 9.90 Å². The molecule has 0 aromatic heterocycles. The van der Waals surface area contributed by atoms with Gasteiger partial charge >= 0.3 is 6.09 Å². The van der Waals surface area contributed by atoms with Crippen LogP contribution in [0.2, 0.25) is 0 Å². The summed E-state index contributed by atoms with van der Waals surface area (Å²) in [5.74, 6) is 0.399. The normalized spacial score (nSPS) is 28.0. The van der Waals surface area contributed by atoms with Crippen LogP contribution >= 0.6 is 0 Å². The van der Waals surface area contributed by atoms with Gasteiger partial charge in [0.05, 0.1) is 6.10 Å². The Morgan fingerprint density at radius 2 is 2.08 bits per heavy atom. The van der Waals surface area contributed by atoms with Crippen molar-refractivity contribution in [2.75, 3.05) is 13.1 Å². The first kappa shape index (κ1) is 8.81. The summed E-state index contributed by atoms with van der Waals surface area (Å²) in [6.45, 7) is 3.16. The topological polar surface area (TPSA) is 60.8 Å². The number of aliphatic hydroxyl groups is 1. The van der Waals surface area contributed by atoms with Gasteiger partial charge in [-0.25, -0.2) is 4.79 Å². The van der Waals surface area contributed by atoms with Gasteiger partial charge in [-0.1, -0.05) is 0 Å². The van der Waals surface area contributed by atoms with E-state index in [-0.39, 0.29) is 11.5 Å². The molecule has 74 valence electrons. The maximum absolute atomic E-state index is 10.5. The van der Waals surface area contributed by atoms with Gasteiger partial charge in [-0.05, 0) is 25.7 Å². The Bertz CT molecular complexity index is 225. The summed E-state index contributed by atoms with van der Waals surface area (Å²) in [5, 5.41) is 17.9. The van der Waals surface area contributed by atoms with E-state index in [1.54, 1.807) is 0 Å². The van der Waals surface area contributed by atoms with E-state index in [1.165, 1.54) is 4.90 Å². The molecule has 1 aliphatic carbocycles. The molecule has 2 N–H and O–H groups in total. The zero-order valence-electron chi connectivity index (χ0n) is 7.73. The molecule has 0 aromatic rings. The fraction of sp³-hybridized carbons (Fsp3) is 0.889. The molecule has 2 aliphatic rings. The van der Waals surface area contributed by atoms with Crippen molar-refractivity contribution in [3.05, 3.63) is 0 Å². The number of carboxylic acid groups (broad SMARTS) is 1. The molecule has 1 amide bonds. The number of carbonyl (C=O) groups is 1. The van der Waals surface area contributed by atoms with Gasteiger partial charge in [0.1, 0.15) is 0 Å². The fourth-order valence-corrected chi connectivity index (χ4v) is 2.55. The number of rotatable bonds is 1. The molecule has 4 heteroatoms. The van der Waals surface area contributed by atoms with Gasteiger partial charge in [0.2, 0.25) is 0 Å². The van der Waals surface area contributed by atoms with E-state index in [2.05, 4.69) is 0 Å².